The standard InChI is InChI=1S/C18H30.C16H26N2O7/c1-3-11-17(12-4-2)13-7-5-8-14-18-15-9-6-10-16-18;1-2-3-4-5-8-14(19)17-13(9-10-15(20)21)16(22)24-11-6-7-12-25-18-23/h6,9-10,15-17H,3-5,7-8,11-14H2,1-2H3;2-3,13H,4-12H2,1H3,(H,17,19)(H,20,21)/b;3-2-. The predicted octanol–water partition coefficient (Wildman–Crippen LogP) is 8.11. The Morgan fingerprint density at radius 1 is 0.884 bits per heavy atom. The van der Waals surface area contributed by atoms with E-state index in [2.05, 4.69) is 59.7 Å². The second-order valence-electron chi connectivity index (χ2n) is 10.8. The van der Waals surface area contributed by atoms with Crippen LogP contribution in [0.3, 0.4) is 0 Å². The first kappa shape index (κ1) is 39.8. The molecule has 9 nitrogen and oxygen atoms in total. The highest BCUT2D eigenvalue weighted by Gasteiger charge is 2.23. The summed E-state index contributed by atoms with van der Waals surface area (Å²) in [6, 6.07) is 9.90. The number of allylic oxidation sites excluding steroid dienone is 2. The number of carboxylic acid groups (broad SMARTS) is 1. The highest BCUT2D eigenvalue weighted by molar-refractivity contribution is 5.84. The lowest BCUT2D eigenvalue weighted by Gasteiger charge is -2.17. The fourth-order valence-electron chi connectivity index (χ4n) is 4.74. The summed E-state index contributed by atoms with van der Waals surface area (Å²) >= 11 is 0. The number of amides is 1. The SMILES string of the molecule is C/C=C\CCCC(=O)NC(CCC(=O)O)C(=O)OCCCCON=O.CCCC(CCC)CCCCCc1ccccc1. The van der Waals surface area contributed by atoms with Crippen molar-refractivity contribution in [2.75, 3.05) is 13.2 Å². The van der Waals surface area contributed by atoms with Crippen LogP contribution in [-0.4, -0.2) is 42.2 Å². The molecule has 43 heavy (non-hydrogen) atoms. The molecule has 0 aromatic heterocycles. The number of carbonyl (C=O) groups is 3. The van der Waals surface area contributed by atoms with Crippen LogP contribution in [0, 0.1) is 10.8 Å². The van der Waals surface area contributed by atoms with Gasteiger partial charge in [0, 0.05) is 12.8 Å². The van der Waals surface area contributed by atoms with E-state index in [9.17, 15) is 19.3 Å². The van der Waals surface area contributed by atoms with Crippen molar-refractivity contribution >= 4 is 17.8 Å². The summed E-state index contributed by atoms with van der Waals surface area (Å²) in [6.45, 7) is 6.74. The summed E-state index contributed by atoms with van der Waals surface area (Å²) in [5.74, 6) is -1.05. The number of esters is 1. The molecule has 0 radical (unpaired) electrons. The van der Waals surface area contributed by atoms with Gasteiger partial charge in [-0.05, 0) is 63.4 Å². The van der Waals surface area contributed by atoms with Gasteiger partial charge in [0.25, 0.3) is 0 Å². The lowest BCUT2D eigenvalue weighted by atomic mass is 9.92. The molecule has 1 amide bonds. The summed E-state index contributed by atoms with van der Waals surface area (Å²) in [4.78, 5) is 48.6. The van der Waals surface area contributed by atoms with Crippen molar-refractivity contribution in [3.05, 3.63) is 53.0 Å². The van der Waals surface area contributed by atoms with Crippen molar-refractivity contribution in [1.82, 2.24) is 5.32 Å². The summed E-state index contributed by atoms with van der Waals surface area (Å²) in [5, 5.41) is 13.5. The van der Waals surface area contributed by atoms with Crippen LogP contribution in [0.15, 0.2) is 47.8 Å². The molecule has 1 aromatic carbocycles. The van der Waals surface area contributed by atoms with Gasteiger partial charge in [-0.3, -0.25) is 9.59 Å². The van der Waals surface area contributed by atoms with Gasteiger partial charge in [-0.15, -0.1) is 4.91 Å². The molecule has 0 fully saturated rings. The summed E-state index contributed by atoms with van der Waals surface area (Å²) in [5.41, 5.74) is 1.50. The van der Waals surface area contributed by atoms with E-state index in [0.717, 1.165) is 12.3 Å². The van der Waals surface area contributed by atoms with Crippen molar-refractivity contribution in [3.8, 4) is 0 Å². The average Bonchev–Trinajstić information content (AvgIpc) is 3.00. The maximum Gasteiger partial charge on any atom is 0.328 e. The summed E-state index contributed by atoms with van der Waals surface area (Å²) in [6.07, 6.45) is 18.6. The maximum absolute atomic E-state index is 12.0. The van der Waals surface area contributed by atoms with E-state index < -0.39 is 18.0 Å². The summed E-state index contributed by atoms with van der Waals surface area (Å²) in [7, 11) is 0. The topological polar surface area (TPSA) is 131 Å². The molecule has 0 aliphatic carbocycles. The van der Waals surface area contributed by atoms with Crippen LogP contribution < -0.4 is 5.32 Å². The van der Waals surface area contributed by atoms with Gasteiger partial charge in [-0.1, -0.05) is 101 Å². The van der Waals surface area contributed by atoms with Gasteiger partial charge in [-0.2, -0.15) is 0 Å². The van der Waals surface area contributed by atoms with Crippen LogP contribution in [0.25, 0.3) is 0 Å². The molecule has 1 atom stereocenters. The quantitative estimate of drug-likeness (QED) is 0.0379. The minimum absolute atomic E-state index is 0.0348. The van der Waals surface area contributed by atoms with Crippen molar-refractivity contribution in [2.45, 2.75) is 130 Å². The highest BCUT2D eigenvalue weighted by atomic mass is 16.7. The van der Waals surface area contributed by atoms with Crippen LogP contribution in [0.4, 0.5) is 0 Å². The Bertz CT molecular complexity index is 871. The van der Waals surface area contributed by atoms with E-state index in [1.165, 1.54) is 63.4 Å². The van der Waals surface area contributed by atoms with Crippen molar-refractivity contribution in [3.63, 3.8) is 0 Å². The van der Waals surface area contributed by atoms with Crippen LogP contribution in [0.2, 0.25) is 0 Å². The predicted molar refractivity (Wildman–Crippen MR) is 171 cm³/mol. The third kappa shape index (κ3) is 25.0. The lowest BCUT2D eigenvalue weighted by Crippen LogP contribution is -2.42. The fourth-order valence-corrected chi connectivity index (χ4v) is 4.74. The normalized spacial score (nSPS) is 11.4. The molecule has 1 unspecified atom stereocenters. The van der Waals surface area contributed by atoms with E-state index >= 15 is 0 Å². The minimum atomic E-state index is -1.06. The molecule has 244 valence electrons. The third-order valence-electron chi connectivity index (χ3n) is 7.02. The number of aliphatic carboxylic acids is 1. The van der Waals surface area contributed by atoms with E-state index in [1.807, 2.05) is 19.1 Å². The average molecular weight is 605 g/mol. The molecule has 1 aromatic rings. The van der Waals surface area contributed by atoms with Crippen molar-refractivity contribution < 1.29 is 29.1 Å². The molecule has 1 rings (SSSR count). The first-order chi connectivity index (χ1) is 20.9. The molecular formula is C34H56N2O7. The number of rotatable bonds is 25. The minimum Gasteiger partial charge on any atom is -0.481 e. The van der Waals surface area contributed by atoms with Crippen molar-refractivity contribution in [1.29, 1.82) is 0 Å². The number of ether oxygens (including phenoxy) is 1. The van der Waals surface area contributed by atoms with E-state index in [1.54, 1.807) is 0 Å². The third-order valence-corrected chi connectivity index (χ3v) is 7.02. The Hall–Kier alpha value is -3.23. The zero-order valence-electron chi connectivity index (χ0n) is 26.8. The number of benzene rings is 1. The Balaban J connectivity index is 0.000000862. The second kappa shape index (κ2) is 28.9. The molecule has 0 aliphatic rings. The van der Waals surface area contributed by atoms with Gasteiger partial charge < -0.3 is 20.0 Å². The molecule has 0 heterocycles. The van der Waals surface area contributed by atoms with Gasteiger partial charge in [0.2, 0.25) is 5.91 Å². The Kier molecular flexibility index (Phi) is 26.7. The Labute approximate surface area is 259 Å². The zero-order chi connectivity index (χ0) is 32.0. The molecule has 0 saturated carbocycles. The van der Waals surface area contributed by atoms with E-state index in [-0.39, 0.29) is 38.4 Å². The van der Waals surface area contributed by atoms with Crippen molar-refractivity contribution in [2.24, 2.45) is 11.3 Å². The van der Waals surface area contributed by atoms with Gasteiger partial charge in [-0.25, -0.2) is 4.79 Å². The fraction of sp³-hybridized carbons (Fsp3) is 0.676. The first-order valence-electron chi connectivity index (χ1n) is 16.1. The number of hydrogen-bond donors (Lipinski definition) is 2. The zero-order valence-corrected chi connectivity index (χ0v) is 26.8. The molecule has 0 spiro atoms. The number of nitrogens with zero attached hydrogens (tertiary/aromatic N) is 1. The van der Waals surface area contributed by atoms with Crippen LogP contribution in [0.5, 0.6) is 0 Å². The molecule has 9 heteroatoms. The number of hydrogen-bond acceptors (Lipinski definition) is 7. The second-order valence-corrected chi connectivity index (χ2v) is 10.8. The van der Waals surface area contributed by atoms with Crippen LogP contribution in [0.1, 0.15) is 123 Å². The largest absolute Gasteiger partial charge is 0.481 e. The summed E-state index contributed by atoms with van der Waals surface area (Å²) < 4.78 is 5.04. The lowest BCUT2D eigenvalue weighted by molar-refractivity contribution is -0.148. The number of unbranched alkanes of at least 4 members (excludes halogenated alkanes) is 4. The van der Waals surface area contributed by atoms with Crippen LogP contribution in [-0.2, 0) is 30.4 Å². The molecular weight excluding hydrogens is 548 g/mol. The number of carboxylic acids is 1. The molecule has 0 aliphatic heterocycles. The number of carbonyl (C=O) groups excluding carboxylic acids is 2. The highest BCUT2D eigenvalue weighted by Crippen LogP contribution is 2.21. The van der Waals surface area contributed by atoms with E-state index in [0.29, 0.717) is 19.3 Å². The number of aryl methyl sites for hydroxylation is 1. The maximum atomic E-state index is 12.0. The monoisotopic (exact) mass is 604 g/mol. The van der Waals surface area contributed by atoms with Gasteiger partial charge >= 0.3 is 11.9 Å². The molecule has 0 saturated heterocycles. The van der Waals surface area contributed by atoms with Crippen LogP contribution >= 0.6 is 0 Å². The number of nitrogens with one attached hydrogen (secondary N) is 1. The van der Waals surface area contributed by atoms with E-state index in [4.69, 9.17) is 9.84 Å². The molecule has 0 bridgehead atoms. The first-order valence-corrected chi connectivity index (χ1v) is 16.1. The molecule has 2 N–H and O–H groups in total. The smallest absolute Gasteiger partial charge is 0.328 e. The Morgan fingerprint density at radius 3 is 2.21 bits per heavy atom. The van der Waals surface area contributed by atoms with Gasteiger partial charge in [0.1, 0.15) is 12.6 Å². The Morgan fingerprint density at radius 2 is 1.58 bits per heavy atom. The van der Waals surface area contributed by atoms with Gasteiger partial charge in [0.05, 0.1) is 6.61 Å². The van der Waals surface area contributed by atoms with Gasteiger partial charge in [0.15, 0.2) is 5.34 Å².